The summed E-state index contributed by atoms with van der Waals surface area (Å²) in [5, 5.41) is 3.94. The minimum Gasteiger partial charge on any atom is -0.399 e. The zero-order chi connectivity index (χ0) is 30.6. The van der Waals surface area contributed by atoms with Gasteiger partial charge in [0.25, 0.3) is 0 Å². The van der Waals surface area contributed by atoms with E-state index in [0.29, 0.717) is 19.6 Å². The molecule has 1 aliphatic heterocycles. The fourth-order valence-corrected chi connectivity index (χ4v) is 6.44. The number of carbonyl (C=O) groups excluding carboxylic acids is 1. The topological polar surface area (TPSA) is 95.6 Å². The number of hydrogen-bond donors (Lipinski definition) is 2. The standard InChI is InChI=1S/C34H38N8OS/c1-24-23-41(33(43)36-28-12-16-30(17-13-28)40-18-4-5-19-40)20-21-42(24)34-37-32(38-44-34)31(26-8-10-27(35)11-9-26)22-25-6-14-29(15-7-25)39(2)3/h4-19,24,31H,20-23,35H2,1-3H3,(H,36,43). The quantitative estimate of drug-likeness (QED) is 0.208. The highest BCUT2D eigenvalue weighted by atomic mass is 32.1. The van der Waals surface area contributed by atoms with Crippen LogP contribution in [-0.4, -0.2) is 64.6 Å². The maximum absolute atomic E-state index is 13.1. The number of nitrogens with two attached hydrogens (primary N) is 1. The van der Waals surface area contributed by atoms with Crippen LogP contribution in [0.1, 0.15) is 29.8 Å². The van der Waals surface area contributed by atoms with Crippen molar-refractivity contribution in [2.75, 3.05) is 54.6 Å². The Morgan fingerprint density at radius 2 is 1.70 bits per heavy atom. The van der Waals surface area contributed by atoms with Crippen molar-refractivity contribution in [2.45, 2.75) is 25.3 Å². The van der Waals surface area contributed by atoms with E-state index in [1.165, 1.54) is 22.8 Å². The molecule has 10 heteroatoms. The Hall–Kier alpha value is -4.83. The number of nitrogens with zero attached hydrogens (tertiary/aromatic N) is 6. The van der Waals surface area contributed by atoms with Crippen molar-refractivity contribution < 1.29 is 4.79 Å². The number of hydrogen-bond acceptors (Lipinski definition) is 7. The van der Waals surface area contributed by atoms with E-state index in [9.17, 15) is 4.79 Å². The van der Waals surface area contributed by atoms with Gasteiger partial charge in [-0.2, -0.15) is 4.37 Å². The van der Waals surface area contributed by atoms with E-state index in [1.807, 2.05) is 84.5 Å². The number of amides is 2. The van der Waals surface area contributed by atoms with Crippen molar-refractivity contribution in [2.24, 2.45) is 0 Å². The Balaban J connectivity index is 1.12. The number of urea groups is 1. The molecule has 5 aromatic rings. The van der Waals surface area contributed by atoms with Crippen LogP contribution in [0.15, 0.2) is 97.3 Å². The summed E-state index contributed by atoms with van der Waals surface area (Å²) < 4.78 is 6.89. The minimum absolute atomic E-state index is 0.00270. The molecular formula is C34H38N8OS. The van der Waals surface area contributed by atoms with Crippen molar-refractivity contribution in [3.05, 3.63) is 114 Å². The zero-order valence-electron chi connectivity index (χ0n) is 25.3. The Bertz CT molecular complexity index is 1660. The predicted molar refractivity (Wildman–Crippen MR) is 180 cm³/mol. The summed E-state index contributed by atoms with van der Waals surface area (Å²) in [4.78, 5) is 24.4. The smallest absolute Gasteiger partial charge is 0.321 e. The lowest BCUT2D eigenvalue weighted by Crippen LogP contribution is -2.54. The third-order valence-electron chi connectivity index (χ3n) is 8.16. The lowest BCUT2D eigenvalue weighted by atomic mass is 9.91. The highest BCUT2D eigenvalue weighted by Crippen LogP contribution is 2.32. The van der Waals surface area contributed by atoms with Gasteiger partial charge in [-0.15, -0.1) is 0 Å². The van der Waals surface area contributed by atoms with Crippen LogP contribution in [0.4, 0.5) is 27.0 Å². The van der Waals surface area contributed by atoms with Crippen molar-refractivity contribution in [1.82, 2.24) is 18.8 Å². The van der Waals surface area contributed by atoms with Gasteiger partial charge in [-0.1, -0.05) is 24.3 Å². The molecule has 3 heterocycles. The van der Waals surface area contributed by atoms with Crippen molar-refractivity contribution in [3.8, 4) is 5.69 Å². The van der Waals surface area contributed by atoms with E-state index in [4.69, 9.17) is 15.1 Å². The van der Waals surface area contributed by atoms with Gasteiger partial charge >= 0.3 is 6.03 Å². The lowest BCUT2D eigenvalue weighted by molar-refractivity contribution is 0.200. The number of aromatic nitrogens is 3. The Kier molecular flexibility index (Phi) is 8.51. The second-order valence-corrected chi connectivity index (χ2v) is 12.2. The molecule has 2 amide bonds. The Morgan fingerprint density at radius 1 is 1.00 bits per heavy atom. The third kappa shape index (κ3) is 6.55. The largest absolute Gasteiger partial charge is 0.399 e. The predicted octanol–water partition coefficient (Wildman–Crippen LogP) is 6.09. The van der Waals surface area contributed by atoms with Gasteiger partial charge in [0, 0.05) is 92.4 Å². The second-order valence-electron chi connectivity index (χ2n) is 11.5. The molecule has 2 unspecified atom stereocenters. The fraction of sp³-hybridized carbons (Fsp3) is 0.265. The van der Waals surface area contributed by atoms with E-state index in [0.717, 1.165) is 40.0 Å². The fourth-order valence-electron chi connectivity index (χ4n) is 5.59. The van der Waals surface area contributed by atoms with Crippen LogP contribution in [0.2, 0.25) is 0 Å². The van der Waals surface area contributed by atoms with Crippen LogP contribution in [0.3, 0.4) is 0 Å². The van der Waals surface area contributed by atoms with Gasteiger partial charge in [0.2, 0.25) is 5.13 Å². The van der Waals surface area contributed by atoms with Gasteiger partial charge in [0.05, 0.1) is 0 Å². The van der Waals surface area contributed by atoms with Gasteiger partial charge < -0.3 is 30.3 Å². The maximum Gasteiger partial charge on any atom is 0.321 e. The molecule has 2 atom stereocenters. The van der Waals surface area contributed by atoms with E-state index in [-0.39, 0.29) is 18.0 Å². The van der Waals surface area contributed by atoms with Gasteiger partial charge in [-0.3, -0.25) is 0 Å². The van der Waals surface area contributed by atoms with Crippen LogP contribution in [-0.2, 0) is 6.42 Å². The van der Waals surface area contributed by atoms with Crippen LogP contribution >= 0.6 is 11.5 Å². The van der Waals surface area contributed by atoms with Gasteiger partial charge in [-0.05, 0) is 85.1 Å². The van der Waals surface area contributed by atoms with Crippen molar-refractivity contribution >= 4 is 39.8 Å². The van der Waals surface area contributed by atoms with E-state index in [2.05, 4.69) is 58.4 Å². The molecule has 0 spiro atoms. The lowest BCUT2D eigenvalue weighted by Gasteiger charge is -2.39. The number of nitrogen functional groups attached to an aromatic ring is 1. The minimum atomic E-state index is -0.0909. The monoisotopic (exact) mass is 606 g/mol. The number of nitrogens with one attached hydrogen (secondary N) is 1. The molecule has 0 radical (unpaired) electrons. The molecule has 0 saturated carbocycles. The van der Waals surface area contributed by atoms with Gasteiger partial charge in [0.15, 0.2) is 5.82 Å². The number of anilines is 4. The summed E-state index contributed by atoms with van der Waals surface area (Å²) in [6.07, 6.45) is 4.78. The Labute approximate surface area is 262 Å². The first-order valence-corrected chi connectivity index (χ1v) is 15.6. The van der Waals surface area contributed by atoms with Crippen LogP contribution in [0.5, 0.6) is 0 Å². The Morgan fingerprint density at radius 3 is 2.36 bits per heavy atom. The summed E-state index contributed by atoms with van der Waals surface area (Å²) >= 11 is 1.43. The highest BCUT2D eigenvalue weighted by molar-refractivity contribution is 7.09. The van der Waals surface area contributed by atoms with Crippen molar-refractivity contribution in [3.63, 3.8) is 0 Å². The first-order chi connectivity index (χ1) is 21.3. The van der Waals surface area contributed by atoms with Gasteiger partial charge in [0.1, 0.15) is 0 Å². The summed E-state index contributed by atoms with van der Waals surface area (Å²) in [7, 11) is 4.09. The summed E-state index contributed by atoms with van der Waals surface area (Å²) in [5.41, 5.74) is 12.1. The van der Waals surface area contributed by atoms with Crippen LogP contribution in [0, 0.1) is 0 Å². The normalized spacial score (nSPS) is 15.7. The molecule has 1 aliphatic rings. The summed E-state index contributed by atoms with van der Waals surface area (Å²) in [5.74, 6) is 0.805. The van der Waals surface area contributed by atoms with Crippen LogP contribution < -0.4 is 20.9 Å². The molecule has 6 rings (SSSR count). The molecule has 3 N–H and O–H groups in total. The molecule has 1 fully saturated rings. The van der Waals surface area contributed by atoms with Crippen molar-refractivity contribution in [1.29, 1.82) is 0 Å². The van der Waals surface area contributed by atoms with E-state index in [1.54, 1.807) is 0 Å². The first-order valence-electron chi connectivity index (χ1n) is 14.9. The summed E-state index contributed by atoms with van der Waals surface area (Å²) in [6.45, 7) is 4.03. The molecule has 2 aromatic heterocycles. The summed E-state index contributed by atoms with van der Waals surface area (Å²) in [6, 6.07) is 28.5. The molecule has 0 aliphatic carbocycles. The first kappa shape index (κ1) is 29.3. The SMILES string of the molecule is CC1CN(C(=O)Nc2ccc(-n3cccc3)cc2)CCN1c1nc(C(Cc2ccc(N(C)C)cc2)c2ccc(N)cc2)ns1. The average Bonchev–Trinajstić information content (AvgIpc) is 3.74. The van der Waals surface area contributed by atoms with Gasteiger partial charge in [-0.25, -0.2) is 9.78 Å². The molecule has 3 aromatic carbocycles. The highest BCUT2D eigenvalue weighted by Gasteiger charge is 2.30. The third-order valence-corrected chi connectivity index (χ3v) is 8.92. The number of carbonyl (C=O) groups is 1. The van der Waals surface area contributed by atoms with E-state index >= 15 is 0 Å². The number of rotatable bonds is 8. The number of benzene rings is 3. The molecule has 226 valence electrons. The maximum atomic E-state index is 13.1. The average molecular weight is 607 g/mol. The second kappa shape index (κ2) is 12.8. The van der Waals surface area contributed by atoms with E-state index < -0.39 is 0 Å². The molecule has 1 saturated heterocycles. The molecule has 44 heavy (non-hydrogen) atoms. The molecular weight excluding hydrogens is 568 g/mol. The number of piperazine rings is 1. The zero-order valence-corrected chi connectivity index (χ0v) is 26.1. The molecule has 0 bridgehead atoms. The van der Waals surface area contributed by atoms with Crippen LogP contribution in [0.25, 0.3) is 5.69 Å². The molecule has 9 nitrogen and oxygen atoms in total.